The number of nitrogen functional groups attached to an aromatic ring is 1. The molecule has 0 amide bonds. The van der Waals surface area contributed by atoms with Crippen molar-refractivity contribution in [2.24, 2.45) is 0 Å². The van der Waals surface area contributed by atoms with E-state index >= 15 is 0 Å². The number of hydrogen-bond donors (Lipinski definition) is 1. The molecular weight excluding hydrogens is 327 g/mol. The number of rotatable bonds is 3. The van der Waals surface area contributed by atoms with E-state index in [1.165, 1.54) is 28.5 Å². The van der Waals surface area contributed by atoms with Gasteiger partial charge in [-0.3, -0.25) is 0 Å². The highest BCUT2D eigenvalue weighted by Crippen LogP contribution is 2.25. The molecule has 0 aliphatic carbocycles. The van der Waals surface area contributed by atoms with Gasteiger partial charge in [0, 0.05) is 29.5 Å². The zero-order valence-electron chi connectivity index (χ0n) is 10.2. The highest BCUT2D eigenvalue weighted by atomic mass is 127. The second-order valence-corrected chi connectivity index (χ2v) is 5.74. The zero-order valence-corrected chi connectivity index (χ0v) is 12.3. The fourth-order valence-corrected chi connectivity index (χ4v) is 3.14. The Morgan fingerprint density at radius 1 is 1.47 bits per heavy atom. The van der Waals surface area contributed by atoms with E-state index in [0.717, 1.165) is 18.8 Å². The van der Waals surface area contributed by atoms with Crippen LogP contribution in [0.4, 0.5) is 11.4 Å². The quantitative estimate of drug-likeness (QED) is 0.676. The minimum Gasteiger partial charge on any atom is -0.399 e. The number of anilines is 2. The van der Waals surface area contributed by atoms with Crippen LogP contribution >= 0.6 is 22.6 Å². The summed E-state index contributed by atoms with van der Waals surface area (Å²) < 4.78 is 6.96. The van der Waals surface area contributed by atoms with E-state index in [9.17, 15) is 0 Å². The maximum absolute atomic E-state index is 5.76. The van der Waals surface area contributed by atoms with Crippen LogP contribution in [0.1, 0.15) is 19.3 Å². The van der Waals surface area contributed by atoms with Crippen LogP contribution in [-0.4, -0.2) is 26.3 Å². The molecular formula is C13H19IN2O. The van der Waals surface area contributed by atoms with Crippen molar-refractivity contribution in [3.05, 3.63) is 21.8 Å². The molecule has 0 spiro atoms. The molecule has 17 heavy (non-hydrogen) atoms. The molecule has 1 atom stereocenters. The van der Waals surface area contributed by atoms with Crippen LogP contribution in [0.15, 0.2) is 18.2 Å². The van der Waals surface area contributed by atoms with E-state index in [0.29, 0.717) is 6.10 Å². The lowest BCUT2D eigenvalue weighted by molar-refractivity contribution is 0.0216. The summed E-state index contributed by atoms with van der Waals surface area (Å²) in [7, 11) is 2.12. The molecule has 1 heterocycles. The van der Waals surface area contributed by atoms with E-state index in [-0.39, 0.29) is 0 Å². The predicted octanol–water partition coefficient (Wildman–Crippen LogP) is 2.88. The summed E-state index contributed by atoms with van der Waals surface area (Å²) in [6.45, 7) is 1.87. The van der Waals surface area contributed by atoms with Gasteiger partial charge in [-0.15, -0.1) is 0 Å². The zero-order chi connectivity index (χ0) is 12.3. The number of benzene rings is 1. The third-order valence-corrected chi connectivity index (χ3v) is 4.00. The number of likely N-dealkylation sites (N-methyl/N-ethyl adjacent to an activating group) is 1. The second kappa shape index (κ2) is 5.91. The summed E-state index contributed by atoms with van der Waals surface area (Å²) in [5.74, 6) is 0. The molecule has 0 bridgehead atoms. The van der Waals surface area contributed by atoms with Crippen LogP contribution < -0.4 is 10.6 Å². The van der Waals surface area contributed by atoms with Gasteiger partial charge in [-0.2, -0.15) is 0 Å². The molecule has 1 aromatic carbocycles. The normalized spacial score (nSPS) is 20.2. The lowest BCUT2D eigenvalue weighted by Crippen LogP contribution is -2.33. The largest absolute Gasteiger partial charge is 0.399 e. The maximum Gasteiger partial charge on any atom is 0.0749 e. The van der Waals surface area contributed by atoms with E-state index < -0.39 is 0 Å². The summed E-state index contributed by atoms with van der Waals surface area (Å²) >= 11 is 2.33. The molecule has 1 fully saturated rings. The molecule has 0 aromatic heterocycles. The average molecular weight is 346 g/mol. The van der Waals surface area contributed by atoms with Crippen molar-refractivity contribution < 1.29 is 4.74 Å². The summed E-state index contributed by atoms with van der Waals surface area (Å²) in [6, 6.07) is 6.05. The Morgan fingerprint density at radius 3 is 2.94 bits per heavy atom. The summed E-state index contributed by atoms with van der Waals surface area (Å²) in [5.41, 5.74) is 7.81. The molecule has 1 aliphatic heterocycles. The van der Waals surface area contributed by atoms with Gasteiger partial charge in [0.25, 0.3) is 0 Å². The third kappa shape index (κ3) is 3.48. The maximum atomic E-state index is 5.76. The topological polar surface area (TPSA) is 38.5 Å². The molecule has 94 valence electrons. The van der Waals surface area contributed by atoms with Crippen LogP contribution in [0.25, 0.3) is 0 Å². The highest BCUT2D eigenvalue weighted by Gasteiger charge is 2.17. The molecule has 4 heteroatoms. The van der Waals surface area contributed by atoms with Gasteiger partial charge in [0.15, 0.2) is 0 Å². The average Bonchev–Trinajstić information content (AvgIpc) is 2.30. The molecule has 1 aliphatic rings. The van der Waals surface area contributed by atoms with Crippen molar-refractivity contribution in [3.8, 4) is 0 Å². The van der Waals surface area contributed by atoms with Crippen molar-refractivity contribution in [2.75, 3.05) is 30.8 Å². The lowest BCUT2D eigenvalue weighted by atomic mass is 10.1. The standard InChI is InChI=1S/C13H19IN2O/c1-16(9-11-4-2-3-7-17-11)13-6-5-10(15)8-12(13)14/h5-6,8,11H,2-4,7,9,15H2,1H3. The number of halogens is 1. The minimum atomic E-state index is 0.377. The molecule has 0 radical (unpaired) electrons. The Hall–Kier alpha value is -0.490. The van der Waals surface area contributed by atoms with Gasteiger partial charge in [-0.25, -0.2) is 0 Å². The van der Waals surface area contributed by atoms with Crippen LogP contribution in [0.3, 0.4) is 0 Å². The Bertz CT molecular complexity index is 378. The fourth-order valence-electron chi connectivity index (χ4n) is 2.19. The smallest absolute Gasteiger partial charge is 0.0749 e. The van der Waals surface area contributed by atoms with E-state index in [4.69, 9.17) is 10.5 Å². The minimum absolute atomic E-state index is 0.377. The van der Waals surface area contributed by atoms with Gasteiger partial charge in [0.05, 0.1) is 11.8 Å². The van der Waals surface area contributed by atoms with Gasteiger partial charge in [-0.05, 0) is 60.1 Å². The van der Waals surface area contributed by atoms with Crippen molar-refractivity contribution in [1.29, 1.82) is 0 Å². The molecule has 1 saturated heterocycles. The highest BCUT2D eigenvalue weighted by molar-refractivity contribution is 14.1. The Morgan fingerprint density at radius 2 is 2.29 bits per heavy atom. The van der Waals surface area contributed by atoms with Crippen LogP contribution in [0, 0.1) is 3.57 Å². The Kier molecular flexibility index (Phi) is 4.50. The summed E-state index contributed by atoms with van der Waals surface area (Å²) in [5, 5.41) is 0. The first-order valence-electron chi connectivity index (χ1n) is 6.04. The van der Waals surface area contributed by atoms with E-state index in [1.807, 2.05) is 12.1 Å². The van der Waals surface area contributed by atoms with E-state index in [1.54, 1.807) is 0 Å². The molecule has 1 unspecified atom stereocenters. The van der Waals surface area contributed by atoms with Gasteiger partial charge in [0.2, 0.25) is 0 Å². The number of hydrogen-bond acceptors (Lipinski definition) is 3. The van der Waals surface area contributed by atoms with Crippen molar-refractivity contribution >= 4 is 34.0 Å². The van der Waals surface area contributed by atoms with Gasteiger partial charge in [0.1, 0.15) is 0 Å². The van der Waals surface area contributed by atoms with Crippen molar-refractivity contribution in [1.82, 2.24) is 0 Å². The Balaban J connectivity index is 2.00. The first-order chi connectivity index (χ1) is 8.16. The molecule has 2 rings (SSSR count). The summed E-state index contributed by atoms with van der Waals surface area (Å²) in [4.78, 5) is 2.26. The van der Waals surface area contributed by atoms with Crippen molar-refractivity contribution in [3.63, 3.8) is 0 Å². The molecule has 1 aromatic rings. The number of nitrogens with zero attached hydrogens (tertiary/aromatic N) is 1. The SMILES string of the molecule is CN(CC1CCCCO1)c1ccc(N)cc1I. The molecule has 0 saturated carbocycles. The van der Waals surface area contributed by atoms with Crippen molar-refractivity contribution in [2.45, 2.75) is 25.4 Å². The van der Waals surface area contributed by atoms with Gasteiger partial charge in [-0.1, -0.05) is 0 Å². The molecule has 3 nitrogen and oxygen atoms in total. The first-order valence-corrected chi connectivity index (χ1v) is 7.12. The Labute approximate surface area is 116 Å². The number of nitrogens with two attached hydrogens (primary N) is 1. The monoisotopic (exact) mass is 346 g/mol. The lowest BCUT2D eigenvalue weighted by Gasteiger charge is -2.29. The van der Waals surface area contributed by atoms with Gasteiger partial charge < -0.3 is 15.4 Å². The molecule has 2 N–H and O–H groups in total. The second-order valence-electron chi connectivity index (χ2n) is 4.58. The van der Waals surface area contributed by atoms with E-state index in [2.05, 4.69) is 40.6 Å². The van der Waals surface area contributed by atoms with Crippen LogP contribution in [-0.2, 0) is 4.74 Å². The number of ether oxygens (including phenoxy) is 1. The van der Waals surface area contributed by atoms with Crippen LogP contribution in [0.5, 0.6) is 0 Å². The van der Waals surface area contributed by atoms with Crippen LogP contribution in [0.2, 0.25) is 0 Å². The third-order valence-electron chi connectivity index (χ3n) is 3.13. The fraction of sp³-hybridized carbons (Fsp3) is 0.538. The predicted molar refractivity (Wildman–Crippen MR) is 80.4 cm³/mol. The van der Waals surface area contributed by atoms with Gasteiger partial charge >= 0.3 is 0 Å². The first kappa shape index (κ1) is 13.0. The summed E-state index contributed by atoms with van der Waals surface area (Å²) in [6.07, 6.45) is 4.05.